The van der Waals surface area contributed by atoms with Crippen LogP contribution >= 0.6 is 11.8 Å². The summed E-state index contributed by atoms with van der Waals surface area (Å²) in [5.74, 6) is 1.63. The molecule has 0 N–H and O–H groups in total. The lowest BCUT2D eigenvalue weighted by Crippen LogP contribution is -2.15. The summed E-state index contributed by atoms with van der Waals surface area (Å²) in [6.45, 7) is 1.75. The highest BCUT2D eigenvalue weighted by Gasteiger charge is 2.05. The van der Waals surface area contributed by atoms with Crippen LogP contribution < -0.4 is 9.47 Å². The minimum atomic E-state index is 0.715. The van der Waals surface area contributed by atoms with Crippen LogP contribution in [0.25, 0.3) is 0 Å². The van der Waals surface area contributed by atoms with Gasteiger partial charge in [-0.3, -0.25) is 0 Å². The second-order valence-electron chi connectivity index (χ2n) is 4.02. The van der Waals surface area contributed by atoms with E-state index in [1.54, 1.807) is 18.9 Å². The van der Waals surface area contributed by atoms with Crippen molar-refractivity contribution >= 4 is 11.8 Å². The molecular formula is C13H21NO2S. The Morgan fingerprint density at radius 3 is 2.59 bits per heavy atom. The van der Waals surface area contributed by atoms with Crippen LogP contribution in [0.5, 0.6) is 11.5 Å². The standard InChI is InChI=1S/C13H21NO2S/c1-14(2)8-5-9-16-12-7-6-11(17-4)10-13(12)15-3/h6-7,10H,5,8-9H2,1-4H3. The first-order valence-corrected chi connectivity index (χ1v) is 6.89. The van der Waals surface area contributed by atoms with Gasteiger partial charge in [-0.05, 0) is 45.0 Å². The SMILES string of the molecule is COc1cc(SC)ccc1OCCCN(C)C. The van der Waals surface area contributed by atoms with Gasteiger partial charge in [0.1, 0.15) is 0 Å². The van der Waals surface area contributed by atoms with Crippen molar-refractivity contribution in [3.05, 3.63) is 18.2 Å². The number of thioether (sulfide) groups is 1. The molecule has 0 heterocycles. The predicted molar refractivity (Wildman–Crippen MR) is 73.4 cm³/mol. The Morgan fingerprint density at radius 1 is 1.24 bits per heavy atom. The fourth-order valence-corrected chi connectivity index (χ4v) is 1.89. The molecule has 0 unspecified atom stereocenters. The molecule has 4 heteroatoms. The van der Waals surface area contributed by atoms with Crippen LogP contribution in [-0.2, 0) is 0 Å². The van der Waals surface area contributed by atoms with Gasteiger partial charge in [-0.2, -0.15) is 0 Å². The van der Waals surface area contributed by atoms with Gasteiger partial charge in [-0.1, -0.05) is 0 Å². The summed E-state index contributed by atoms with van der Waals surface area (Å²) >= 11 is 1.70. The summed E-state index contributed by atoms with van der Waals surface area (Å²) in [6, 6.07) is 6.03. The molecule has 0 aromatic heterocycles. The van der Waals surface area contributed by atoms with Gasteiger partial charge >= 0.3 is 0 Å². The van der Waals surface area contributed by atoms with E-state index in [0.717, 1.165) is 24.5 Å². The van der Waals surface area contributed by atoms with Crippen molar-refractivity contribution in [3.8, 4) is 11.5 Å². The van der Waals surface area contributed by atoms with Gasteiger partial charge in [0.2, 0.25) is 0 Å². The van der Waals surface area contributed by atoms with Crippen LogP contribution in [0.2, 0.25) is 0 Å². The van der Waals surface area contributed by atoms with Crippen LogP contribution in [0.15, 0.2) is 23.1 Å². The molecule has 17 heavy (non-hydrogen) atoms. The fraction of sp³-hybridized carbons (Fsp3) is 0.538. The molecule has 0 fully saturated rings. The summed E-state index contributed by atoms with van der Waals surface area (Å²) in [5.41, 5.74) is 0. The minimum Gasteiger partial charge on any atom is -0.493 e. The Morgan fingerprint density at radius 2 is 2.00 bits per heavy atom. The molecule has 0 amide bonds. The molecule has 1 aromatic carbocycles. The van der Waals surface area contributed by atoms with E-state index in [9.17, 15) is 0 Å². The number of benzene rings is 1. The van der Waals surface area contributed by atoms with Crippen LogP contribution in [0, 0.1) is 0 Å². The summed E-state index contributed by atoms with van der Waals surface area (Å²) in [4.78, 5) is 3.33. The zero-order valence-electron chi connectivity index (χ0n) is 11.0. The van der Waals surface area contributed by atoms with Crippen molar-refractivity contribution in [3.63, 3.8) is 0 Å². The first kappa shape index (κ1) is 14.2. The zero-order valence-corrected chi connectivity index (χ0v) is 11.8. The minimum absolute atomic E-state index is 0.715. The van der Waals surface area contributed by atoms with Crippen molar-refractivity contribution in [1.29, 1.82) is 0 Å². The van der Waals surface area contributed by atoms with Crippen molar-refractivity contribution in [2.45, 2.75) is 11.3 Å². The molecule has 1 aromatic rings. The maximum Gasteiger partial charge on any atom is 0.161 e. The Balaban J connectivity index is 2.52. The molecular weight excluding hydrogens is 234 g/mol. The number of ether oxygens (including phenoxy) is 2. The number of rotatable bonds is 7. The molecule has 0 radical (unpaired) electrons. The average molecular weight is 255 g/mol. The number of hydrogen-bond acceptors (Lipinski definition) is 4. The van der Waals surface area contributed by atoms with Gasteiger partial charge in [0, 0.05) is 11.4 Å². The highest BCUT2D eigenvalue weighted by Crippen LogP contribution is 2.31. The van der Waals surface area contributed by atoms with Gasteiger partial charge in [0.15, 0.2) is 11.5 Å². The Kier molecular flexibility index (Phi) is 6.22. The summed E-state index contributed by atoms with van der Waals surface area (Å²) < 4.78 is 11.0. The topological polar surface area (TPSA) is 21.7 Å². The third-order valence-electron chi connectivity index (χ3n) is 2.38. The largest absolute Gasteiger partial charge is 0.493 e. The summed E-state index contributed by atoms with van der Waals surface area (Å²) in [7, 11) is 5.80. The van der Waals surface area contributed by atoms with Gasteiger partial charge in [0.25, 0.3) is 0 Å². The van der Waals surface area contributed by atoms with Crippen molar-refractivity contribution < 1.29 is 9.47 Å². The molecule has 0 aliphatic heterocycles. The first-order valence-electron chi connectivity index (χ1n) is 5.67. The predicted octanol–water partition coefficient (Wildman–Crippen LogP) is 2.75. The summed E-state index contributed by atoms with van der Waals surface area (Å²) in [6.07, 6.45) is 3.06. The normalized spacial score (nSPS) is 10.6. The van der Waals surface area contributed by atoms with E-state index in [0.29, 0.717) is 6.61 Å². The molecule has 0 aliphatic carbocycles. The van der Waals surface area contributed by atoms with Crippen molar-refractivity contribution in [2.75, 3.05) is 40.6 Å². The lowest BCUT2D eigenvalue weighted by atomic mass is 10.3. The number of nitrogens with zero attached hydrogens (tertiary/aromatic N) is 1. The zero-order chi connectivity index (χ0) is 12.7. The molecule has 3 nitrogen and oxygen atoms in total. The van der Waals surface area contributed by atoms with Crippen LogP contribution in [0.3, 0.4) is 0 Å². The van der Waals surface area contributed by atoms with E-state index in [-0.39, 0.29) is 0 Å². The molecule has 0 bridgehead atoms. The van der Waals surface area contributed by atoms with Crippen LogP contribution in [0.1, 0.15) is 6.42 Å². The highest BCUT2D eigenvalue weighted by molar-refractivity contribution is 7.98. The van der Waals surface area contributed by atoms with E-state index < -0.39 is 0 Å². The molecule has 0 saturated carbocycles. The lowest BCUT2D eigenvalue weighted by molar-refractivity contribution is 0.268. The molecule has 0 saturated heterocycles. The number of hydrogen-bond donors (Lipinski definition) is 0. The maximum absolute atomic E-state index is 5.72. The first-order chi connectivity index (χ1) is 8.17. The average Bonchev–Trinajstić information content (AvgIpc) is 2.34. The van der Waals surface area contributed by atoms with Gasteiger partial charge in [-0.15, -0.1) is 11.8 Å². The van der Waals surface area contributed by atoms with E-state index in [1.165, 1.54) is 4.90 Å². The second-order valence-corrected chi connectivity index (χ2v) is 4.90. The molecule has 0 aliphatic rings. The van der Waals surface area contributed by atoms with E-state index in [1.807, 2.05) is 18.4 Å². The summed E-state index contributed by atoms with van der Waals surface area (Å²) in [5, 5.41) is 0. The monoisotopic (exact) mass is 255 g/mol. The van der Waals surface area contributed by atoms with E-state index in [2.05, 4.69) is 25.1 Å². The number of methoxy groups -OCH3 is 1. The van der Waals surface area contributed by atoms with Gasteiger partial charge in [-0.25, -0.2) is 0 Å². The quantitative estimate of drug-likeness (QED) is 0.551. The Bertz CT molecular complexity index is 342. The van der Waals surface area contributed by atoms with Gasteiger partial charge in [0.05, 0.1) is 13.7 Å². The highest BCUT2D eigenvalue weighted by atomic mass is 32.2. The van der Waals surface area contributed by atoms with Crippen LogP contribution in [0.4, 0.5) is 0 Å². The van der Waals surface area contributed by atoms with E-state index >= 15 is 0 Å². The molecule has 1 rings (SSSR count). The lowest BCUT2D eigenvalue weighted by Gasteiger charge is -2.13. The van der Waals surface area contributed by atoms with Gasteiger partial charge < -0.3 is 14.4 Å². The molecule has 0 spiro atoms. The third kappa shape index (κ3) is 4.88. The Labute approximate surface area is 108 Å². The van der Waals surface area contributed by atoms with Crippen molar-refractivity contribution in [2.24, 2.45) is 0 Å². The van der Waals surface area contributed by atoms with Crippen molar-refractivity contribution in [1.82, 2.24) is 4.90 Å². The second kappa shape index (κ2) is 7.45. The Hall–Kier alpha value is -0.870. The smallest absolute Gasteiger partial charge is 0.161 e. The fourth-order valence-electron chi connectivity index (χ4n) is 1.46. The van der Waals surface area contributed by atoms with E-state index in [4.69, 9.17) is 9.47 Å². The van der Waals surface area contributed by atoms with Crippen LogP contribution in [-0.4, -0.2) is 45.5 Å². The maximum atomic E-state index is 5.72. The third-order valence-corrected chi connectivity index (χ3v) is 3.10. The molecule has 96 valence electrons. The molecule has 0 atom stereocenters.